The Labute approximate surface area is 150 Å². The Bertz CT molecular complexity index is 760. The molecule has 9 nitrogen and oxygen atoms in total. The normalized spacial score (nSPS) is 11.4. The van der Waals surface area contributed by atoms with Crippen LogP contribution in [0.5, 0.6) is 0 Å². The third-order valence-electron chi connectivity index (χ3n) is 3.47. The van der Waals surface area contributed by atoms with Gasteiger partial charge in [-0.3, -0.25) is 9.59 Å². The van der Waals surface area contributed by atoms with Crippen molar-refractivity contribution in [2.45, 2.75) is 6.10 Å². The number of carbonyl (C=O) groups is 3. The maximum Gasteiger partial charge on any atom is 0.312 e. The zero-order valence-electron chi connectivity index (χ0n) is 14.0. The van der Waals surface area contributed by atoms with Crippen molar-refractivity contribution in [1.82, 2.24) is 20.5 Å². The molecule has 6 N–H and O–H groups in total. The molecular weight excluding hydrogens is 338 g/mol. The van der Waals surface area contributed by atoms with Gasteiger partial charge in [-0.1, -0.05) is 6.07 Å². The largest absolute Gasteiger partial charge is 0.389 e. The minimum Gasteiger partial charge on any atom is -0.389 e. The van der Waals surface area contributed by atoms with Gasteiger partial charge < -0.3 is 31.4 Å². The van der Waals surface area contributed by atoms with Crippen molar-refractivity contribution in [2.24, 2.45) is 5.73 Å². The number of aromatic nitrogens is 1. The summed E-state index contributed by atoms with van der Waals surface area (Å²) >= 11 is 0. The standard InChI is InChI=1S/C17H21N5O4/c18-17(26)21-11-15(24)19-9-14(23)10-20-16(25)12-4-3-5-13(8-12)22-6-1-2-7-22/h1-8,14,23H,9-11H2,(H,19,24)(H,20,25)(H3,18,21,26)/t14-/m0/s1. The first kappa shape index (κ1) is 19.0. The average molecular weight is 359 g/mol. The summed E-state index contributed by atoms with van der Waals surface area (Å²) in [6.45, 7) is -0.375. The van der Waals surface area contributed by atoms with E-state index in [1.807, 2.05) is 35.2 Å². The lowest BCUT2D eigenvalue weighted by Crippen LogP contribution is -2.44. The number of rotatable bonds is 8. The first-order chi connectivity index (χ1) is 12.5. The Morgan fingerprint density at radius 3 is 2.42 bits per heavy atom. The van der Waals surface area contributed by atoms with Crippen LogP contribution in [0.2, 0.25) is 0 Å². The van der Waals surface area contributed by atoms with Gasteiger partial charge >= 0.3 is 6.03 Å². The molecule has 1 aromatic carbocycles. The van der Waals surface area contributed by atoms with Crippen LogP contribution in [0.4, 0.5) is 4.79 Å². The fraction of sp³-hybridized carbons (Fsp3) is 0.235. The van der Waals surface area contributed by atoms with Crippen LogP contribution >= 0.6 is 0 Å². The van der Waals surface area contributed by atoms with E-state index in [4.69, 9.17) is 5.73 Å². The van der Waals surface area contributed by atoms with Crippen molar-refractivity contribution in [3.05, 3.63) is 54.4 Å². The molecule has 0 fully saturated rings. The number of hydrogen-bond donors (Lipinski definition) is 5. The number of carbonyl (C=O) groups excluding carboxylic acids is 3. The molecule has 1 aromatic heterocycles. The number of nitrogens with zero attached hydrogens (tertiary/aromatic N) is 1. The zero-order chi connectivity index (χ0) is 18.9. The predicted octanol–water partition coefficient (Wildman–Crippen LogP) is -0.647. The van der Waals surface area contributed by atoms with Crippen LogP contribution in [0.1, 0.15) is 10.4 Å². The minimum atomic E-state index is -0.968. The Hall–Kier alpha value is -3.33. The molecule has 2 rings (SSSR count). The van der Waals surface area contributed by atoms with E-state index in [0.29, 0.717) is 5.56 Å². The van der Waals surface area contributed by atoms with Gasteiger partial charge in [-0.15, -0.1) is 0 Å². The monoisotopic (exact) mass is 359 g/mol. The average Bonchev–Trinajstić information content (AvgIpc) is 3.17. The van der Waals surface area contributed by atoms with Crippen LogP contribution < -0.4 is 21.7 Å². The molecule has 0 unspecified atom stereocenters. The minimum absolute atomic E-state index is 0.0316. The van der Waals surface area contributed by atoms with Gasteiger partial charge in [-0.2, -0.15) is 0 Å². The zero-order valence-corrected chi connectivity index (χ0v) is 14.0. The van der Waals surface area contributed by atoms with Crippen molar-refractivity contribution in [1.29, 1.82) is 0 Å². The van der Waals surface area contributed by atoms with Crippen LogP contribution in [0.15, 0.2) is 48.8 Å². The SMILES string of the molecule is NC(=O)NCC(=O)NC[C@H](O)CNC(=O)c1cccc(-n2cccc2)c1. The van der Waals surface area contributed by atoms with E-state index in [1.165, 1.54) is 0 Å². The van der Waals surface area contributed by atoms with E-state index in [2.05, 4.69) is 16.0 Å². The predicted molar refractivity (Wildman–Crippen MR) is 94.7 cm³/mol. The molecule has 4 amide bonds. The van der Waals surface area contributed by atoms with E-state index in [1.54, 1.807) is 18.2 Å². The van der Waals surface area contributed by atoms with Crippen molar-refractivity contribution >= 4 is 17.8 Å². The second-order valence-electron chi connectivity index (χ2n) is 5.53. The van der Waals surface area contributed by atoms with E-state index in [-0.39, 0.29) is 25.5 Å². The highest BCUT2D eigenvalue weighted by Gasteiger charge is 2.11. The quantitative estimate of drug-likeness (QED) is 0.427. The second-order valence-corrected chi connectivity index (χ2v) is 5.53. The van der Waals surface area contributed by atoms with Gasteiger partial charge in [0.2, 0.25) is 5.91 Å². The molecular formula is C17H21N5O4. The summed E-state index contributed by atoms with van der Waals surface area (Å²) in [6.07, 6.45) is 2.77. The number of aliphatic hydroxyl groups is 1. The van der Waals surface area contributed by atoms with Gasteiger partial charge in [0.1, 0.15) is 0 Å². The summed E-state index contributed by atoms with van der Waals surface area (Å²) in [6, 6.07) is 10.0. The van der Waals surface area contributed by atoms with Crippen molar-refractivity contribution in [3.63, 3.8) is 0 Å². The summed E-state index contributed by atoms with van der Waals surface area (Å²) < 4.78 is 1.88. The van der Waals surface area contributed by atoms with Crippen LogP contribution in [-0.2, 0) is 4.79 Å². The van der Waals surface area contributed by atoms with Crippen LogP contribution in [-0.4, -0.2) is 53.3 Å². The molecule has 0 radical (unpaired) electrons. The third-order valence-corrected chi connectivity index (χ3v) is 3.47. The summed E-state index contributed by atoms with van der Waals surface area (Å²) in [7, 11) is 0. The second kappa shape index (κ2) is 9.23. The summed E-state index contributed by atoms with van der Waals surface area (Å²) in [5, 5.41) is 17.0. The van der Waals surface area contributed by atoms with E-state index in [0.717, 1.165) is 5.69 Å². The van der Waals surface area contributed by atoms with Gasteiger partial charge in [-0.05, 0) is 30.3 Å². The van der Waals surface area contributed by atoms with Crippen molar-refractivity contribution in [2.75, 3.05) is 19.6 Å². The Balaban J connectivity index is 1.78. The van der Waals surface area contributed by atoms with Gasteiger partial charge in [0.15, 0.2) is 0 Å². The lowest BCUT2D eigenvalue weighted by Gasteiger charge is -2.13. The number of nitrogens with two attached hydrogens (primary N) is 1. The third kappa shape index (κ3) is 5.95. The van der Waals surface area contributed by atoms with Gasteiger partial charge in [-0.25, -0.2) is 4.79 Å². The summed E-state index contributed by atoms with van der Waals surface area (Å²) in [5.74, 6) is -0.826. The fourth-order valence-electron chi connectivity index (χ4n) is 2.16. The molecule has 138 valence electrons. The lowest BCUT2D eigenvalue weighted by atomic mass is 10.2. The highest BCUT2D eigenvalue weighted by atomic mass is 16.3. The number of primary amides is 1. The van der Waals surface area contributed by atoms with E-state index >= 15 is 0 Å². The van der Waals surface area contributed by atoms with Gasteiger partial charge in [0, 0.05) is 36.7 Å². The first-order valence-electron chi connectivity index (χ1n) is 7.95. The summed E-state index contributed by atoms with van der Waals surface area (Å²) in [4.78, 5) is 34.1. The van der Waals surface area contributed by atoms with E-state index < -0.39 is 18.0 Å². The number of hydrogen-bond acceptors (Lipinski definition) is 4. The molecule has 0 bridgehead atoms. The highest BCUT2D eigenvalue weighted by Crippen LogP contribution is 2.10. The number of benzene rings is 1. The smallest absolute Gasteiger partial charge is 0.312 e. The molecule has 0 saturated carbocycles. The molecule has 2 aromatic rings. The molecule has 0 aliphatic rings. The molecule has 9 heteroatoms. The highest BCUT2D eigenvalue weighted by molar-refractivity contribution is 5.94. The maximum absolute atomic E-state index is 12.2. The Morgan fingerprint density at radius 1 is 1.04 bits per heavy atom. The van der Waals surface area contributed by atoms with Crippen molar-refractivity contribution in [3.8, 4) is 5.69 Å². The van der Waals surface area contributed by atoms with Crippen LogP contribution in [0, 0.1) is 0 Å². The lowest BCUT2D eigenvalue weighted by molar-refractivity contribution is -0.120. The molecule has 0 saturated heterocycles. The number of urea groups is 1. The molecule has 1 atom stereocenters. The molecule has 0 aliphatic heterocycles. The summed E-state index contributed by atoms with van der Waals surface area (Å²) in [5.41, 5.74) is 6.15. The van der Waals surface area contributed by atoms with Gasteiger partial charge in [0.25, 0.3) is 5.91 Å². The molecule has 26 heavy (non-hydrogen) atoms. The van der Waals surface area contributed by atoms with Crippen LogP contribution in [0.25, 0.3) is 5.69 Å². The number of aliphatic hydroxyl groups excluding tert-OH is 1. The molecule has 0 spiro atoms. The fourth-order valence-corrected chi connectivity index (χ4v) is 2.16. The Kier molecular flexibility index (Phi) is 6.75. The topological polar surface area (TPSA) is 138 Å². The maximum atomic E-state index is 12.2. The Morgan fingerprint density at radius 2 is 1.73 bits per heavy atom. The van der Waals surface area contributed by atoms with Crippen LogP contribution in [0.3, 0.4) is 0 Å². The number of nitrogens with one attached hydrogen (secondary N) is 3. The number of amides is 4. The van der Waals surface area contributed by atoms with Gasteiger partial charge in [0.05, 0.1) is 12.6 Å². The first-order valence-corrected chi connectivity index (χ1v) is 7.95. The van der Waals surface area contributed by atoms with Crippen molar-refractivity contribution < 1.29 is 19.5 Å². The molecule has 0 aliphatic carbocycles. The molecule has 1 heterocycles. The van der Waals surface area contributed by atoms with E-state index in [9.17, 15) is 19.5 Å².